The number of ether oxygens (including phenoxy) is 1. The highest BCUT2D eigenvalue weighted by Gasteiger charge is 2.27. The van der Waals surface area contributed by atoms with Crippen molar-refractivity contribution in [1.82, 2.24) is 13.9 Å². The van der Waals surface area contributed by atoms with Crippen molar-refractivity contribution in [2.75, 3.05) is 0 Å². The number of fused-ring (bicyclic) bond motifs is 1. The Balaban J connectivity index is 2.30. The van der Waals surface area contributed by atoms with Crippen LogP contribution in [-0.2, 0) is 19.6 Å². The highest BCUT2D eigenvalue weighted by molar-refractivity contribution is 7.90. The van der Waals surface area contributed by atoms with Gasteiger partial charge in [-0.3, -0.25) is 4.79 Å². The number of esters is 1. The third-order valence-electron chi connectivity index (χ3n) is 3.65. The van der Waals surface area contributed by atoms with Crippen LogP contribution in [0.2, 0.25) is 5.15 Å². The van der Waals surface area contributed by atoms with Crippen LogP contribution in [0.5, 0.6) is 0 Å². The Labute approximate surface area is 155 Å². The van der Waals surface area contributed by atoms with E-state index in [2.05, 4.69) is 16.5 Å². The summed E-state index contributed by atoms with van der Waals surface area (Å²) in [6.45, 7) is 4.88. The molecule has 0 spiro atoms. The van der Waals surface area contributed by atoms with Gasteiger partial charge in [0.1, 0.15) is 17.6 Å². The zero-order valence-electron chi connectivity index (χ0n) is 13.7. The van der Waals surface area contributed by atoms with Crippen LogP contribution >= 0.6 is 11.6 Å². The molecule has 1 aromatic carbocycles. The van der Waals surface area contributed by atoms with E-state index < -0.39 is 22.1 Å². The van der Waals surface area contributed by atoms with E-state index >= 15 is 0 Å². The zero-order chi connectivity index (χ0) is 18.9. The lowest BCUT2D eigenvalue weighted by Gasteiger charge is -2.11. The second-order valence-electron chi connectivity index (χ2n) is 5.33. The van der Waals surface area contributed by atoms with Crippen molar-refractivity contribution in [3.05, 3.63) is 66.2 Å². The molecule has 0 saturated heterocycles. The van der Waals surface area contributed by atoms with Crippen LogP contribution < -0.4 is 0 Å². The fourth-order valence-corrected chi connectivity index (χ4v) is 4.13. The summed E-state index contributed by atoms with van der Waals surface area (Å²) < 4.78 is 32.3. The molecule has 0 fully saturated rings. The molecule has 134 valence electrons. The van der Waals surface area contributed by atoms with Gasteiger partial charge in [-0.05, 0) is 18.2 Å². The molecule has 0 saturated carbocycles. The van der Waals surface area contributed by atoms with Crippen molar-refractivity contribution in [3.8, 4) is 0 Å². The van der Waals surface area contributed by atoms with Crippen molar-refractivity contribution in [3.63, 3.8) is 0 Å². The Morgan fingerprint density at radius 1 is 1.31 bits per heavy atom. The standard InChI is InChI=1S/C17H14ClN3O4S/c1-3-14(25-11(2)22)13-9-21(17-15(13)16(18)19-10-20-17)26(23,24)12-7-5-4-6-8-12/h3-10,14H,1H2,2H3. The zero-order valence-corrected chi connectivity index (χ0v) is 15.2. The van der Waals surface area contributed by atoms with Gasteiger partial charge < -0.3 is 4.74 Å². The first-order valence-corrected chi connectivity index (χ1v) is 9.30. The van der Waals surface area contributed by atoms with Gasteiger partial charge in [-0.2, -0.15) is 0 Å². The van der Waals surface area contributed by atoms with Crippen LogP contribution in [0.3, 0.4) is 0 Å². The Bertz CT molecular complexity index is 1090. The predicted molar refractivity (Wildman–Crippen MR) is 96.3 cm³/mol. The minimum absolute atomic E-state index is 0.0472. The largest absolute Gasteiger partial charge is 0.453 e. The molecule has 0 radical (unpaired) electrons. The van der Waals surface area contributed by atoms with Gasteiger partial charge in [0.2, 0.25) is 0 Å². The van der Waals surface area contributed by atoms with Crippen LogP contribution in [0.15, 0.2) is 60.4 Å². The van der Waals surface area contributed by atoms with E-state index in [0.29, 0.717) is 5.56 Å². The van der Waals surface area contributed by atoms with Crippen LogP contribution in [0.4, 0.5) is 0 Å². The first-order valence-electron chi connectivity index (χ1n) is 7.48. The maximum atomic E-state index is 13.0. The van der Waals surface area contributed by atoms with Gasteiger partial charge in [0.15, 0.2) is 5.65 Å². The van der Waals surface area contributed by atoms with Gasteiger partial charge in [-0.25, -0.2) is 22.4 Å². The maximum absolute atomic E-state index is 13.0. The van der Waals surface area contributed by atoms with Gasteiger partial charge in [0.25, 0.3) is 10.0 Å². The molecule has 9 heteroatoms. The van der Waals surface area contributed by atoms with Gasteiger partial charge in [0.05, 0.1) is 10.3 Å². The first kappa shape index (κ1) is 18.1. The molecule has 0 bridgehead atoms. The summed E-state index contributed by atoms with van der Waals surface area (Å²) in [7, 11) is -3.94. The molecule has 7 nitrogen and oxygen atoms in total. The van der Waals surface area contributed by atoms with Gasteiger partial charge >= 0.3 is 5.97 Å². The third kappa shape index (κ3) is 3.09. The average Bonchev–Trinajstić information content (AvgIpc) is 3.02. The lowest BCUT2D eigenvalue weighted by Crippen LogP contribution is -2.12. The van der Waals surface area contributed by atoms with E-state index in [4.69, 9.17) is 16.3 Å². The SMILES string of the molecule is C=CC(OC(C)=O)c1cn(S(=O)(=O)c2ccccc2)c2ncnc(Cl)c12. The van der Waals surface area contributed by atoms with Crippen molar-refractivity contribution in [2.24, 2.45) is 0 Å². The normalized spacial score (nSPS) is 12.7. The number of carbonyl (C=O) groups excluding carboxylic acids is 1. The Morgan fingerprint density at radius 3 is 2.62 bits per heavy atom. The number of nitrogens with zero attached hydrogens (tertiary/aromatic N) is 3. The smallest absolute Gasteiger partial charge is 0.303 e. The molecule has 0 aliphatic rings. The third-order valence-corrected chi connectivity index (χ3v) is 5.60. The summed E-state index contributed by atoms with van der Waals surface area (Å²) in [5, 5.41) is 0.325. The van der Waals surface area contributed by atoms with Gasteiger partial charge in [-0.1, -0.05) is 36.4 Å². The monoisotopic (exact) mass is 391 g/mol. The van der Waals surface area contributed by atoms with Crippen molar-refractivity contribution in [1.29, 1.82) is 0 Å². The highest BCUT2D eigenvalue weighted by Crippen LogP contribution is 2.34. The summed E-state index contributed by atoms with van der Waals surface area (Å²) in [4.78, 5) is 19.4. The van der Waals surface area contributed by atoms with Crippen LogP contribution in [0.1, 0.15) is 18.6 Å². The van der Waals surface area contributed by atoms with E-state index in [1.54, 1.807) is 18.2 Å². The Hall–Kier alpha value is -2.71. The molecule has 2 heterocycles. The highest BCUT2D eigenvalue weighted by atomic mass is 35.5. The Kier molecular flexibility index (Phi) is 4.80. The lowest BCUT2D eigenvalue weighted by atomic mass is 10.1. The van der Waals surface area contributed by atoms with E-state index in [-0.39, 0.29) is 21.1 Å². The summed E-state index contributed by atoms with van der Waals surface area (Å²) in [5.41, 5.74) is 0.415. The molecule has 3 rings (SSSR count). The minimum Gasteiger partial charge on any atom is -0.453 e. The molecule has 2 aromatic heterocycles. The topological polar surface area (TPSA) is 91.2 Å². The molecular weight excluding hydrogens is 378 g/mol. The summed E-state index contributed by atoms with van der Waals surface area (Å²) >= 11 is 6.18. The van der Waals surface area contributed by atoms with E-state index in [0.717, 1.165) is 3.97 Å². The second-order valence-corrected chi connectivity index (χ2v) is 7.50. The minimum atomic E-state index is -3.94. The van der Waals surface area contributed by atoms with Crippen molar-refractivity contribution in [2.45, 2.75) is 17.9 Å². The lowest BCUT2D eigenvalue weighted by molar-refractivity contribution is -0.144. The van der Waals surface area contributed by atoms with E-state index in [1.165, 1.54) is 37.7 Å². The summed E-state index contributed by atoms with van der Waals surface area (Å²) in [6.07, 6.45) is 2.97. The van der Waals surface area contributed by atoms with Crippen molar-refractivity contribution >= 4 is 38.6 Å². The molecule has 1 atom stereocenters. The number of carbonyl (C=O) groups is 1. The van der Waals surface area contributed by atoms with E-state index in [9.17, 15) is 13.2 Å². The second kappa shape index (κ2) is 6.89. The quantitative estimate of drug-likeness (QED) is 0.377. The van der Waals surface area contributed by atoms with Gasteiger partial charge in [-0.15, -0.1) is 0 Å². The molecular formula is C17H14ClN3O4S. The van der Waals surface area contributed by atoms with Crippen molar-refractivity contribution < 1.29 is 17.9 Å². The molecule has 1 unspecified atom stereocenters. The fraction of sp³-hybridized carbons (Fsp3) is 0.118. The van der Waals surface area contributed by atoms with Crippen LogP contribution in [0, 0.1) is 0 Å². The number of hydrogen-bond donors (Lipinski definition) is 0. The summed E-state index contributed by atoms with van der Waals surface area (Å²) in [5.74, 6) is -0.547. The number of benzene rings is 1. The molecule has 0 aliphatic carbocycles. The molecule has 0 amide bonds. The van der Waals surface area contributed by atoms with E-state index in [1.807, 2.05) is 0 Å². The Morgan fingerprint density at radius 2 is 2.00 bits per heavy atom. The molecule has 3 aromatic rings. The summed E-state index contributed by atoms with van der Waals surface area (Å²) in [6, 6.07) is 7.90. The molecule has 0 N–H and O–H groups in total. The van der Waals surface area contributed by atoms with Crippen LogP contribution in [-0.4, -0.2) is 28.3 Å². The number of hydrogen-bond acceptors (Lipinski definition) is 6. The molecule has 26 heavy (non-hydrogen) atoms. The predicted octanol–water partition coefficient (Wildman–Crippen LogP) is 3.11. The first-order chi connectivity index (χ1) is 12.4. The average molecular weight is 392 g/mol. The molecule has 0 aliphatic heterocycles. The van der Waals surface area contributed by atoms with Crippen LogP contribution in [0.25, 0.3) is 11.0 Å². The van der Waals surface area contributed by atoms with Gasteiger partial charge in [0, 0.05) is 18.7 Å². The number of aromatic nitrogens is 3. The number of rotatable bonds is 5. The fourth-order valence-electron chi connectivity index (χ4n) is 2.55. The number of halogens is 1. The maximum Gasteiger partial charge on any atom is 0.303 e.